The highest BCUT2D eigenvalue weighted by Gasteiger charge is 2.17. The molecule has 0 fully saturated rings. The first kappa shape index (κ1) is 29.2. The van der Waals surface area contributed by atoms with Crippen LogP contribution < -0.4 is 21.3 Å². The van der Waals surface area contributed by atoms with Gasteiger partial charge in [-0.2, -0.15) is 0 Å². The maximum absolute atomic E-state index is 12.1. The molecular formula is C26H28N4O8. The summed E-state index contributed by atoms with van der Waals surface area (Å²) in [6, 6.07) is 14.9. The first-order valence-electron chi connectivity index (χ1n) is 11.5. The number of esters is 2. The molecule has 38 heavy (non-hydrogen) atoms. The van der Waals surface area contributed by atoms with Crippen molar-refractivity contribution in [3.63, 3.8) is 0 Å². The minimum Gasteiger partial charge on any atom is -0.441 e. The van der Waals surface area contributed by atoms with Gasteiger partial charge < -0.3 is 30.7 Å². The van der Waals surface area contributed by atoms with Gasteiger partial charge in [0.05, 0.1) is 0 Å². The van der Waals surface area contributed by atoms with E-state index in [4.69, 9.17) is 9.47 Å². The van der Waals surface area contributed by atoms with Gasteiger partial charge in [0.25, 0.3) is 11.8 Å². The number of rotatable bonds is 12. The lowest BCUT2D eigenvalue weighted by molar-refractivity contribution is -0.143. The Bertz CT molecular complexity index is 1080. The Kier molecular flexibility index (Phi) is 11.7. The average Bonchev–Trinajstić information content (AvgIpc) is 2.92. The van der Waals surface area contributed by atoms with Crippen LogP contribution in [0.2, 0.25) is 0 Å². The number of benzene rings is 2. The Morgan fingerprint density at radius 2 is 0.974 bits per heavy atom. The SMILES string of the molecule is C[C@H](NC(=O)c1ccccc1)C(=O)NCOC(=O)/C=C/C(=O)OCNC(=O)[C@H](C)NC(=O)c1ccccc1. The lowest BCUT2D eigenvalue weighted by Gasteiger charge is -2.14. The second kappa shape index (κ2) is 15.2. The fourth-order valence-electron chi connectivity index (χ4n) is 2.77. The number of hydrogen-bond donors (Lipinski definition) is 4. The molecule has 4 N–H and O–H groups in total. The maximum atomic E-state index is 12.1. The predicted molar refractivity (Wildman–Crippen MR) is 134 cm³/mol. The molecule has 0 saturated carbocycles. The van der Waals surface area contributed by atoms with Gasteiger partial charge in [-0.1, -0.05) is 36.4 Å². The fraction of sp³-hybridized carbons (Fsp3) is 0.231. The molecule has 2 rings (SSSR count). The number of hydrogen-bond acceptors (Lipinski definition) is 8. The summed E-state index contributed by atoms with van der Waals surface area (Å²) in [5.41, 5.74) is 0.777. The zero-order chi connectivity index (χ0) is 27.9. The van der Waals surface area contributed by atoms with Crippen molar-refractivity contribution in [2.45, 2.75) is 25.9 Å². The highest BCUT2D eigenvalue weighted by atomic mass is 16.5. The van der Waals surface area contributed by atoms with Crippen LogP contribution >= 0.6 is 0 Å². The molecule has 200 valence electrons. The van der Waals surface area contributed by atoms with Gasteiger partial charge in [-0.05, 0) is 38.1 Å². The zero-order valence-electron chi connectivity index (χ0n) is 20.8. The normalized spacial score (nSPS) is 11.9. The molecule has 2 atom stereocenters. The lowest BCUT2D eigenvalue weighted by atomic mass is 10.2. The van der Waals surface area contributed by atoms with Gasteiger partial charge in [-0.25, -0.2) is 9.59 Å². The Morgan fingerprint density at radius 3 is 1.32 bits per heavy atom. The minimum atomic E-state index is -0.940. The summed E-state index contributed by atoms with van der Waals surface area (Å²) in [6.07, 6.45) is 1.55. The number of carbonyl (C=O) groups excluding carboxylic acids is 6. The first-order chi connectivity index (χ1) is 18.2. The van der Waals surface area contributed by atoms with Crippen LogP contribution in [0.4, 0.5) is 0 Å². The van der Waals surface area contributed by atoms with E-state index >= 15 is 0 Å². The molecule has 0 heterocycles. The third-order valence-electron chi connectivity index (χ3n) is 4.83. The van der Waals surface area contributed by atoms with Crippen molar-refractivity contribution in [1.82, 2.24) is 21.3 Å². The van der Waals surface area contributed by atoms with E-state index in [9.17, 15) is 28.8 Å². The molecule has 12 nitrogen and oxygen atoms in total. The fourth-order valence-corrected chi connectivity index (χ4v) is 2.77. The quantitative estimate of drug-likeness (QED) is 0.176. The number of carbonyl (C=O) groups is 6. The van der Waals surface area contributed by atoms with Crippen molar-refractivity contribution in [1.29, 1.82) is 0 Å². The van der Waals surface area contributed by atoms with Crippen LogP contribution in [0.3, 0.4) is 0 Å². The van der Waals surface area contributed by atoms with E-state index in [1.54, 1.807) is 60.7 Å². The average molecular weight is 525 g/mol. The van der Waals surface area contributed by atoms with E-state index < -0.39 is 61.1 Å². The standard InChI is InChI=1S/C26H28N4O8/c1-17(29-25(35)19-9-5-3-6-10-19)23(33)27-15-37-21(31)13-14-22(32)38-16-28-24(34)18(2)30-26(36)20-11-7-4-8-12-20/h3-14,17-18H,15-16H2,1-2H3,(H,27,33)(H,28,34)(H,29,35)(H,30,36)/b14-13+/t17-,18-/m0/s1. The van der Waals surface area contributed by atoms with E-state index in [1.807, 2.05) is 0 Å². The Hall–Kier alpha value is -5.00. The second-order valence-electron chi connectivity index (χ2n) is 7.75. The van der Waals surface area contributed by atoms with E-state index in [-0.39, 0.29) is 0 Å². The van der Waals surface area contributed by atoms with Crippen molar-refractivity contribution >= 4 is 35.6 Å². The summed E-state index contributed by atoms with van der Waals surface area (Å²) in [6.45, 7) is 1.94. The molecule has 0 radical (unpaired) electrons. The molecule has 0 unspecified atom stereocenters. The largest absolute Gasteiger partial charge is 0.441 e. The molecule has 0 bridgehead atoms. The minimum absolute atomic E-state index is 0.388. The van der Waals surface area contributed by atoms with Crippen molar-refractivity contribution < 1.29 is 38.2 Å². The van der Waals surface area contributed by atoms with Crippen LogP contribution in [0.25, 0.3) is 0 Å². The Balaban J connectivity index is 1.61. The van der Waals surface area contributed by atoms with Gasteiger partial charge in [0, 0.05) is 23.3 Å². The van der Waals surface area contributed by atoms with Crippen LogP contribution in [-0.4, -0.2) is 61.1 Å². The molecule has 4 amide bonds. The van der Waals surface area contributed by atoms with Gasteiger partial charge in [-0.15, -0.1) is 0 Å². The highest BCUT2D eigenvalue weighted by molar-refractivity contribution is 5.98. The van der Waals surface area contributed by atoms with Gasteiger partial charge in [-0.3, -0.25) is 19.2 Å². The van der Waals surface area contributed by atoms with E-state index in [1.165, 1.54) is 13.8 Å². The summed E-state index contributed by atoms with van der Waals surface area (Å²) in [7, 11) is 0. The molecule has 0 saturated heterocycles. The predicted octanol–water partition coefficient (Wildman–Crippen LogP) is 0.413. The van der Waals surface area contributed by atoms with E-state index in [0.29, 0.717) is 11.1 Å². The van der Waals surface area contributed by atoms with Crippen LogP contribution in [-0.2, 0) is 28.7 Å². The zero-order valence-corrected chi connectivity index (χ0v) is 20.8. The molecule has 0 aliphatic heterocycles. The first-order valence-corrected chi connectivity index (χ1v) is 11.5. The monoisotopic (exact) mass is 524 g/mol. The Labute approximate surface area is 218 Å². The molecule has 2 aromatic rings. The molecular weight excluding hydrogens is 496 g/mol. The summed E-state index contributed by atoms with van der Waals surface area (Å²) in [5.74, 6) is -3.93. The van der Waals surface area contributed by atoms with Crippen molar-refractivity contribution in [2.24, 2.45) is 0 Å². The van der Waals surface area contributed by atoms with Gasteiger partial charge >= 0.3 is 11.9 Å². The van der Waals surface area contributed by atoms with Gasteiger partial charge in [0.1, 0.15) is 12.1 Å². The van der Waals surface area contributed by atoms with Crippen molar-refractivity contribution in [3.8, 4) is 0 Å². The summed E-state index contributed by atoms with van der Waals surface area (Å²) < 4.78 is 9.52. The van der Waals surface area contributed by atoms with E-state index in [0.717, 1.165) is 12.2 Å². The second-order valence-corrected chi connectivity index (χ2v) is 7.75. The highest BCUT2D eigenvalue weighted by Crippen LogP contribution is 2.00. The molecule has 0 aliphatic carbocycles. The molecule has 0 spiro atoms. The van der Waals surface area contributed by atoms with Crippen LogP contribution in [0.5, 0.6) is 0 Å². The number of nitrogens with one attached hydrogen (secondary N) is 4. The van der Waals surface area contributed by atoms with Crippen LogP contribution in [0, 0.1) is 0 Å². The molecule has 2 aromatic carbocycles. The lowest BCUT2D eigenvalue weighted by Crippen LogP contribution is -2.45. The van der Waals surface area contributed by atoms with E-state index in [2.05, 4.69) is 21.3 Å². The summed E-state index contributed by atoms with van der Waals surface area (Å²) in [5, 5.41) is 9.65. The third kappa shape index (κ3) is 10.3. The van der Waals surface area contributed by atoms with Crippen molar-refractivity contribution in [3.05, 3.63) is 83.9 Å². The van der Waals surface area contributed by atoms with Gasteiger partial charge in [0.15, 0.2) is 13.5 Å². The molecule has 0 aromatic heterocycles. The van der Waals surface area contributed by atoms with Crippen LogP contribution in [0.15, 0.2) is 72.8 Å². The van der Waals surface area contributed by atoms with Crippen LogP contribution in [0.1, 0.15) is 34.6 Å². The maximum Gasteiger partial charge on any atom is 0.332 e. The summed E-state index contributed by atoms with van der Waals surface area (Å²) >= 11 is 0. The molecule has 0 aliphatic rings. The topological polar surface area (TPSA) is 169 Å². The third-order valence-corrected chi connectivity index (χ3v) is 4.83. The number of amides is 4. The Morgan fingerprint density at radius 1 is 0.632 bits per heavy atom. The molecule has 12 heteroatoms. The smallest absolute Gasteiger partial charge is 0.332 e. The number of ether oxygens (including phenoxy) is 2. The van der Waals surface area contributed by atoms with Crippen molar-refractivity contribution in [2.75, 3.05) is 13.5 Å². The summed E-state index contributed by atoms with van der Waals surface area (Å²) in [4.78, 5) is 71.6. The van der Waals surface area contributed by atoms with Gasteiger partial charge in [0.2, 0.25) is 11.8 Å².